The van der Waals surface area contributed by atoms with Gasteiger partial charge < -0.3 is 19.3 Å². The van der Waals surface area contributed by atoms with Crippen molar-refractivity contribution in [2.45, 2.75) is 25.6 Å². The standard InChI is InChI=1S/C7H26N2O2Si4/c1-14(2)11-13-15(10-12)7-3-5-9-6-4-8/h9,14-15H,3-8,13H2,1-2,12H3. The first-order valence-corrected chi connectivity index (χ1v) is 14.5. The molecule has 0 fully saturated rings. The highest BCUT2D eigenvalue weighted by atomic mass is 29.2. The van der Waals surface area contributed by atoms with E-state index in [2.05, 4.69) is 18.4 Å². The topological polar surface area (TPSA) is 56.5 Å². The van der Waals surface area contributed by atoms with Crippen LogP contribution in [0.25, 0.3) is 0 Å². The number of hydrogen-bond donors (Lipinski definition) is 2. The van der Waals surface area contributed by atoms with Gasteiger partial charge in [-0.15, -0.1) is 0 Å². The largest absolute Gasteiger partial charge is 0.466 e. The second kappa shape index (κ2) is 11.2. The van der Waals surface area contributed by atoms with Crippen molar-refractivity contribution < 1.29 is 8.23 Å². The van der Waals surface area contributed by atoms with Crippen molar-refractivity contribution in [3.05, 3.63) is 0 Å². The minimum absolute atomic E-state index is 0.301. The molecular formula is C7H26N2O2Si4. The number of hydrogen-bond acceptors (Lipinski definition) is 4. The molecule has 0 saturated heterocycles. The lowest BCUT2D eigenvalue weighted by atomic mass is 10.5. The van der Waals surface area contributed by atoms with E-state index in [1.807, 2.05) is 0 Å². The molecule has 0 aliphatic rings. The lowest BCUT2D eigenvalue weighted by Crippen LogP contribution is -2.32. The predicted molar refractivity (Wildman–Crippen MR) is 78.0 cm³/mol. The van der Waals surface area contributed by atoms with Crippen molar-refractivity contribution >= 4 is 37.4 Å². The normalized spacial score (nSPS) is 14.4. The minimum atomic E-state index is -0.879. The van der Waals surface area contributed by atoms with E-state index in [-0.39, 0.29) is 9.28 Å². The summed E-state index contributed by atoms with van der Waals surface area (Å²) in [5.74, 6) is 0. The van der Waals surface area contributed by atoms with Gasteiger partial charge in [-0.1, -0.05) is 0 Å². The van der Waals surface area contributed by atoms with Crippen molar-refractivity contribution in [1.29, 1.82) is 0 Å². The van der Waals surface area contributed by atoms with E-state index < -0.39 is 17.6 Å². The van der Waals surface area contributed by atoms with Gasteiger partial charge in [-0.25, -0.2) is 0 Å². The third-order valence-electron chi connectivity index (χ3n) is 2.15. The summed E-state index contributed by atoms with van der Waals surface area (Å²) >= 11 is 0. The summed E-state index contributed by atoms with van der Waals surface area (Å²) in [5.41, 5.74) is 5.40. The molecule has 0 bridgehead atoms. The Labute approximate surface area is 102 Å². The molecule has 0 aromatic carbocycles. The van der Waals surface area contributed by atoms with E-state index in [0.717, 1.165) is 30.1 Å². The quantitative estimate of drug-likeness (QED) is 0.344. The Balaban J connectivity index is 3.36. The van der Waals surface area contributed by atoms with Crippen LogP contribution in [-0.2, 0) is 8.23 Å². The van der Waals surface area contributed by atoms with Gasteiger partial charge in [-0.2, -0.15) is 0 Å². The minimum Gasteiger partial charge on any atom is -0.466 e. The predicted octanol–water partition coefficient (Wildman–Crippen LogP) is -2.47. The van der Waals surface area contributed by atoms with Gasteiger partial charge in [-0.3, -0.25) is 0 Å². The van der Waals surface area contributed by atoms with Crippen LogP contribution >= 0.6 is 0 Å². The summed E-state index contributed by atoms with van der Waals surface area (Å²) < 4.78 is 11.6. The van der Waals surface area contributed by atoms with Crippen LogP contribution < -0.4 is 11.1 Å². The highest BCUT2D eigenvalue weighted by molar-refractivity contribution is 7.08. The lowest BCUT2D eigenvalue weighted by Gasteiger charge is -2.15. The molecule has 0 heterocycles. The van der Waals surface area contributed by atoms with Gasteiger partial charge in [0.05, 0.1) is 0 Å². The highest BCUT2D eigenvalue weighted by Gasteiger charge is 2.11. The van der Waals surface area contributed by atoms with Crippen molar-refractivity contribution in [1.82, 2.24) is 5.32 Å². The summed E-state index contributed by atoms with van der Waals surface area (Å²) in [4.78, 5) is 0. The zero-order chi connectivity index (χ0) is 11.5. The average Bonchev–Trinajstić information content (AvgIpc) is 2.22. The molecule has 1 unspecified atom stereocenters. The number of rotatable bonds is 10. The molecule has 0 aliphatic carbocycles. The third kappa shape index (κ3) is 11.0. The Bertz CT molecular complexity index is 142. The molecule has 15 heavy (non-hydrogen) atoms. The fourth-order valence-corrected chi connectivity index (χ4v) is 13.9. The van der Waals surface area contributed by atoms with Crippen LogP contribution in [0.2, 0.25) is 19.1 Å². The third-order valence-corrected chi connectivity index (χ3v) is 16.7. The second-order valence-corrected chi connectivity index (χ2v) is 15.1. The van der Waals surface area contributed by atoms with Crippen LogP contribution in [0.3, 0.4) is 0 Å². The summed E-state index contributed by atoms with van der Waals surface area (Å²) in [5, 5.41) is 3.32. The Morgan fingerprint density at radius 3 is 2.67 bits per heavy atom. The molecule has 0 aliphatic heterocycles. The molecule has 0 spiro atoms. The van der Waals surface area contributed by atoms with E-state index in [0.29, 0.717) is 0 Å². The van der Waals surface area contributed by atoms with Crippen molar-refractivity contribution in [2.75, 3.05) is 19.6 Å². The molecule has 0 aromatic rings. The van der Waals surface area contributed by atoms with Gasteiger partial charge in [0.2, 0.25) is 0 Å². The summed E-state index contributed by atoms with van der Waals surface area (Å²) in [6.07, 6.45) is 1.23. The smallest absolute Gasteiger partial charge is 0.173 e. The molecule has 0 aromatic heterocycles. The average molecular weight is 283 g/mol. The van der Waals surface area contributed by atoms with Crippen LogP contribution in [-0.4, -0.2) is 57.0 Å². The molecule has 8 heteroatoms. The van der Waals surface area contributed by atoms with Crippen LogP contribution in [0.5, 0.6) is 0 Å². The van der Waals surface area contributed by atoms with Gasteiger partial charge >= 0.3 is 0 Å². The maximum atomic E-state index is 5.87. The summed E-state index contributed by atoms with van der Waals surface area (Å²) in [6, 6.07) is 1.29. The summed E-state index contributed by atoms with van der Waals surface area (Å²) in [6.45, 7) is 7.23. The van der Waals surface area contributed by atoms with Gasteiger partial charge in [0, 0.05) is 13.1 Å². The molecule has 0 amide bonds. The zero-order valence-electron chi connectivity index (χ0n) is 10.3. The lowest BCUT2D eigenvalue weighted by molar-refractivity contribution is 0.596. The van der Waals surface area contributed by atoms with Crippen LogP contribution in [0.4, 0.5) is 0 Å². The van der Waals surface area contributed by atoms with Crippen LogP contribution in [0.15, 0.2) is 0 Å². The molecule has 1 atom stereocenters. The van der Waals surface area contributed by atoms with Crippen molar-refractivity contribution in [2.24, 2.45) is 5.73 Å². The summed E-state index contributed by atoms with van der Waals surface area (Å²) in [7, 11) is -1.08. The fraction of sp³-hybridized carbons (Fsp3) is 1.00. The highest BCUT2D eigenvalue weighted by Crippen LogP contribution is 1.97. The first kappa shape index (κ1) is 15.7. The molecule has 92 valence electrons. The van der Waals surface area contributed by atoms with E-state index in [4.69, 9.17) is 14.0 Å². The molecule has 3 N–H and O–H groups in total. The van der Waals surface area contributed by atoms with E-state index in [9.17, 15) is 0 Å². The maximum absolute atomic E-state index is 5.87. The number of nitrogens with two attached hydrogens (primary N) is 1. The van der Waals surface area contributed by atoms with Crippen molar-refractivity contribution in [3.63, 3.8) is 0 Å². The van der Waals surface area contributed by atoms with Gasteiger partial charge in [0.15, 0.2) is 26.9 Å². The van der Waals surface area contributed by atoms with Crippen molar-refractivity contribution in [3.8, 4) is 0 Å². The maximum Gasteiger partial charge on any atom is 0.173 e. The van der Waals surface area contributed by atoms with E-state index in [1.54, 1.807) is 0 Å². The van der Waals surface area contributed by atoms with Crippen LogP contribution in [0.1, 0.15) is 6.42 Å². The van der Waals surface area contributed by atoms with Gasteiger partial charge in [-0.05, 0) is 32.1 Å². The molecule has 0 rings (SSSR count). The Morgan fingerprint density at radius 2 is 2.13 bits per heavy atom. The first-order valence-electron chi connectivity index (χ1n) is 5.75. The molecule has 0 radical (unpaired) electrons. The molecular weight excluding hydrogens is 256 g/mol. The monoisotopic (exact) mass is 282 g/mol. The fourth-order valence-electron chi connectivity index (χ4n) is 1.25. The van der Waals surface area contributed by atoms with Gasteiger partial charge in [0.25, 0.3) is 0 Å². The van der Waals surface area contributed by atoms with Crippen LogP contribution in [0, 0.1) is 0 Å². The van der Waals surface area contributed by atoms with E-state index in [1.165, 1.54) is 12.5 Å². The Hall–Kier alpha value is 0.708. The molecule has 0 saturated carbocycles. The first-order chi connectivity index (χ1) is 7.20. The number of nitrogens with one attached hydrogen (secondary N) is 1. The zero-order valence-corrected chi connectivity index (χ0v) is 16.0. The van der Waals surface area contributed by atoms with Gasteiger partial charge in [0.1, 0.15) is 10.5 Å². The SMILES string of the molecule is C[SiH](C)O[SiH2][SiH](CCCNCCN)O[SiH3]. The molecule has 4 nitrogen and oxygen atoms in total. The Kier molecular flexibility index (Phi) is 11.7. The second-order valence-electron chi connectivity index (χ2n) is 3.92. The van der Waals surface area contributed by atoms with E-state index >= 15 is 0 Å². The Morgan fingerprint density at radius 1 is 1.40 bits per heavy atom.